The Hall–Kier alpha value is -0.650. The zero-order valence-corrected chi connectivity index (χ0v) is 66.3. The maximum Gasteiger partial charge on any atom is 0.339 e. The van der Waals surface area contributed by atoms with Crippen LogP contribution in [0, 0.1) is 21.4 Å². The maximum atomic E-state index is 13.3. The first kappa shape index (κ1) is 83.4. The van der Waals surface area contributed by atoms with E-state index in [2.05, 4.69) is 205 Å². The number of ether oxygens (including phenoxy) is 5. The fourth-order valence-corrected chi connectivity index (χ4v) is 14.7. The van der Waals surface area contributed by atoms with E-state index in [0.29, 0.717) is 43.2 Å². The Balaban J connectivity index is 1.80. The van der Waals surface area contributed by atoms with Gasteiger partial charge in [-0.3, -0.25) is 14.4 Å². The molecule has 4 atom stereocenters. The van der Waals surface area contributed by atoms with E-state index in [4.69, 9.17) is 23.7 Å². The molecule has 0 saturated carbocycles. The predicted octanol–water partition coefficient (Wildman–Crippen LogP) is 22.4. The van der Waals surface area contributed by atoms with E-state index in [1.807, 2.05) is 12.1 Å². The molecule has 0 saturated heterocycles. The van der Waals surface area contributed by atoms with Gasteiger partial charge in [-0.15, -0.1) is 0 Å². The molecule has 2 aromatic carbocycles. The molecule has 0 fully saturated rings. The average molecular weight is 1900 g/mol. The molecule has 0 bridgehead atoms. The van der Waals surface area contributed by atoms with Crippen molar-refractivity contribution in [3.8, 4) is 0 Å². The minimum atomic E-state index is -0.881. The van der Waals surface area contributed by atoms with Crippen molar-refractivity contribution in [1.29, 1.82) is 0 Å². The number of unbranched alkanes of at least 4 members (excludes halogenated alkanes) is 24. The summed E-state index contributed by atoms with van der Waals surface area (Å²) in [6.45, 7) is 6.26. The predicted molar refractivity (Wildman–Crippen MR) is 410 cm³/mol. The quantitative estimate of drug-likeness (QED) is 0.0168. The molecule has 1 N–H and O–H groups in total. The molecule has 0 aliphatic carbocycles. The summed E-state index contributed by atoms with van der Waals surface area (Å²) in [7, 11) is 0. The highest BCUT2D eigenvalue weighted by atomic mass is 127. The van der Waals surface area contributed by atoms with Crippen LogP contribution in [0.5, 0.6) is 0 Å². The minimum absolute atomic E-state index is 0.154. The second kappa shape index (κ2) is 55.6. The Kier molecular flexibility index (Phi) is 52.7. The van der Waals surface area contributed by atoms with E-state index in [0.717, 1.165) is 188 Å². The number of hydrogen-bond acceptors (Lipinski definition) is 11. The monoisotopic (exact) mass is 1900 g/mol. The normalized spacial score (nSPS) is 13.1. The van der Waals surface area contributed by atoms with Crippen LogP contribution in [0.2, 0.25) is 0 Å². The van der Waals surface area contributed by atoms with Crippen LogP contribution >= 0.6 is 136 Å². The minimum Gasteiger partial charge on any atom is -0.462 e. The fraction of sp³-hybridized carbons (Fsp3) is 0.676. The smallest absolute Gasteiger partial charge is 0.339 e. The van der Waals surface area contributed by atoms with Crippen molar-refractivity contribution in [3.05, 3.63) is 93.3 Å². The van der Waals surface area contributed by atoms with E-state index in [-0.39, 0.29) is 74.7 Å². The lowest BCUT2D eigenvalue weighted by atomic mass is 10.1. The van der Waals surface area contributed by atoms with Gasteiger partial charge in [0.2, 0.25) is 0 Å². The Morgan fingerprint density at radius 2 is 0.727 bits per heavy atom. The van der Waals surface area contributed by atoms with Gasteiger partial charge in [-0.05, 0) is 256 Å². The van der Waals surface area contributed by atoms with Crippen LogP contribution in [0.25, 0.3) is 0 Å². The number of esters is 5. The largest absolute Gasteiger partial charge is 0.462 e. The number of aliphatic hydroxyl groups excluding tert-OH is 1. The molecule has 0 aliphatic heterocycles. The van der Waals surface area contributed by atoms with Crippen LogP contribution in [0.15, 0.2) is 60.7 Å². The second-order valence-electron chi connectivity index (χ2n) is 23.3. The summed E-state index contributed by atoms with van der Waals surface area (Å²) in [5, 5.41) is 10.2. The molecule has 17 heteroatoms. The molecule has 0 radical (unpaired) electrons. The van der Waals surface area contributed by atoms with Crippen molar-refractivity contribution in [2.24, 2.45) is 0 Å². The van der Waals surface area contributed by atoms with Crippen LogP contribution in [0.3, 0.4) is 0 Å². The highest BCUT2D eigenvalue weighted by Gasteiger charge is 2.23. The lowest BCUT2D eigenvalue weighted by Gasteiger charge is -2.18. The third-order valence-electron chi connectivity index (χ3n) is 15.2. The van der Waals surface area contributed by atoms with Crippen molar-refractivity contribution in [2.45, 2.75) is 296 Å². The molecule has 0 aliphatic rings. The highest BCUT2D eigenvalue weighted by molar-refractivity contribution is 14.1. The summed E-state index contributed by atoms with van der Waals surface area (Å²) in [4.78, 5) is 65.4. The molecule has 0 heterocycles. The van der Waals surface area contributed by atoms with E-state index in [9.17, 15) is 29.1 Å². The first-order valence-corrected chi connectivity index (χ1v) is 39.9. The van der Waals surface area contributed by atoms with Crippen LogP contribution in [-0.4, -0.2) is 72.6 Å². The Bertz CT molecular complexity index is 2320. The maximum absolute atomic E-state index is 13.3. The van der Waals surface area contributed by atoms with Gasteiger partial charge in [0.1, 0.15) is 25.4 Å². The molecule has 88 heavy (non-hydrogen) atoms. The van der Waals surface area contributed by atoms with Gasteiger partial charge in [-0.2, -0.15) is 0 Å². The fourth-order valence-electron chi connectivity index (χ4n) is 9.98. The van der Waals surface area contributed by atoms with E-state index < -0.39 is 12.1 Å². The van der Waals surface area contributed by atoms with E-state index in [1.165, 1.54) is 32.1 Å². The van der Waals surface area contributed by atoms with Gasteiger partial charge >= 0.3 is 29.8 Å². The summed E-state index contributed by atoms with van der Waals surface area (Å²) in [6, 6.07) is 7.94. The molecule has 0 aromatic heterocycles. The topological polar surface area (TPSA) is 152 Å². The lowest BCUT2D eigenvalue weighted by molar-refractivity contribution is -0.167. The number of allylic oxidation sites excluding steroid dienone is 3. The van der Waals surface area contributed by atoms with Gasteiger partial charge < -0.3 is 28.8 Å². The summed E-state index contributed by atoms with van der Waals surface area (Å²) in [5.41, 5.74) is 1.26. The molecular formula is C71H106I6O11. The second-order valence-corrected chi connectivity index (χ2v) is 30.2. The number of carbonyl (C=O) groups excluding carboxylic acids is 5. The molecule has 2 aromatic rings. The first-order chi connectivity index (χ1) is 42.6. The van der Waals surface area contributed by atoms with Gasteiger partial charge in [0, 0.05) is 53.5 Å². The average Bonchev–Trinajstić information content (AvgIpc) is 3.41. The zero-order chi connectivity index (χ0) is 64.4. The third kappa shape index (κ3) is 43.4. The summed E-state index contributed by atoms with van der Waals surface area (Å²) < 4.78 is 35.2. The number of aliphatic hydroxyl groups is 1. The van der Waals surface area contributed by atoms with Crippen molar-refractivity contribution in [1.82, 2.24) is 0 Å². The third-order valence-corrected chi connectivity index (χ3v) is 22.6. The van der Waals surface area contributed by atoms with Gasteiger partial charge in [0.05, 0.1) is 17.2 Å². The standard InChI is InChI=1S/C71H106I6O11/c1-4-7-10-31-40-57(78)41-32-25-19-13-16-22-28-37-46-65(79)84-53-60(86-67(81)48-39-30-24-18-15-21-27-36-45-59(43-34-12-9-6-3)88-71(83)62-50-56(73)52-64(75)69(62)77)54-85-66(80)47-38-29-23-17-14-20-26-35-44-58(42-33-11-8-5-2)87-70(82)61-49-55(72)51-63(74)68(61)76/h25-27,32,35-36,49-52,57-60,78H,4-24,28-31,33-34,37-48,53-54H2,1-3H3/b32-25-,35-26-,36-27-. The Morgan fingerprint density at radius 3 is 1.12 bits per heavy atom. The van der Waals surface area contributed by atoms with Crippen LogP contribution in [-0.2, 0) is 38.1 Å². The van der Waals surface area contributed by atoms with Crippen molar-refractivity contribution in [3.63, 3.8) is 0 Å². The number of rotatable bonds is 54. The van der Waals surface area contributed by atoms with Crippen molar-refractivity contribution in [2.75, 3.05) is 13.2 Å². The molecule has 11 nitrogen and oxygen atoms in total. The molecular weight excluding hydrogens is 1790 g/mol. The number of carbonyl (C=O) groups is 5. The number of halogens is 6. The van der Waals surface area contributed by atoms with Crippen LogP contribution < -0.4 is 0 Å². The molecule has 0 spiro atoms. The first-order valence-electron chi connectivity index (χ1n) is 33.4. The molecule has 0 amide bonds. The SMILES string of the molecule is CCCCCCC(O)C/C=C\CCCCCCCC(=O)OCC(COC(=O)CCCCCCC/C=C\CC(CCCCCC)OC(=O)c1cc(I)cc(I)c1I)OC(=O)CCCCCCC/C=C\CC(CCCCCC)OC(=O)c1cc(I)cc(I)c1I. The highest BCUT2D eigenvalue weighted by Crippen LogP contribution is 2.27. The Morgan fingerprint density at radius 1 is 0.386 bits per heavy atom. The number of benzene rings is 2. The van der Waals surface area contributed by atoms with Gasteiger partial charge in [0.15, 0.2) is 6.10 Å². The summed E-state index contributed by atoms with van der Waals surface area (Å²) in [6.07, 6.45) is 47.6. The van der Waals surface area contributed by atoms with E-state index in [1.54, 1.807) is 0 Å². The molecule has 498 valence electrons. The van der Waals surface area contributed by atoms with Crippen LogP contribution in [0.4, 0.5) is 0 Å². The Labute approximate surface area is 613 Å². The zero-order valence-electron chi connectivity index (χ0n) is 53.4. The van der Waals surface area contributed by atoms with Gasteiger partial charge in [-0.1, -0.05) is 179 Å². The molecule has 4 unspecified atom stereocenters. The summed E-state index contributed by atoms with van der Waals surface area (Å²) >= 11 is 13.5. The van der Waals surface area contributed by atoms with E-state index >= 15 is 0 Å². The van der Waals surface area contributed by atoms with Gasteiger partial charge in [0.25, 0.3) is 0 Å². The van der Waals surface area contributed by atoms with Crippen molar-refractivity contribution < 1.29 is 52.8 Å². The lowest BCUT2D eigenvalue weighted by Crippen LogP contribution is -2.30. The van der Waals surface area contributed by atoms with Crippen molar-refractivity contribution >= 4 is 165 Å². The number of hydrogen-bond donors (Lipinski definition) is 1. The van der Waals surface area contributed by atoms with Gasteiger partial charge in [-0.25, -0.2) is 9.59 Å². The summed E-state index contributed by atoms with van der Waals surface area (Å²) in [5.74, 6) is -1.62. The van der Waals surface area contributed by atoms with Crippen LogP contribution in [0.1, 0.15) is 292 Å². The molecule has 2 rings (SSSR count).